The number of carbonyl (C=O) groups excluding carboxylic acids is 1. The van der Waals surface area contributed by atoms with Gasteiger partial charge in [0.05, 0.1) is 12.8 Å². The van der Waals surface area contributed by atoms with Gasteiger partial charge in [-0.2, -0.15) is 0 Å². The van der Waals surface area contributed by atoms with E-state index < -0.39 is 6.10 Å². The van der Waals surface area contributed by atoms with Gasteiger partial charge >= 0.3 is 0 Å². The fraction of sp³-hybridized carbons (Fsp3) is 0.312. The van der Waals surface area contributed by atoms with Crippen molar-refractivity contribution in [3.05, 3.63) is 54.0 Å². The number of aryl methyl sites for hydroxylation is 1. The standard InChI is InChI=1S/C16H19NO3/c1-3-15(20-13-7-4-6-12(2)10-13)16(18)17-11-14-8-5-9-19-14/h4-10,15H,3,11H2,1-2H3,(H,17,18). The molecule has 2 rings (SSSR count). The highest BCUT2D eigenvalue weighted by Crippen LogP contribution is 2.15. The molecule has 0 aliphatic rings. The molecule has 1 unspecified atom stereocenters. The summed E-state index contributed by atoms with van der Waals surface area (Å²) in [6.07, 6.45) is 1.70. The van der Waals surface area contributed by atoms with Crippen molar-refractivity contribution in [1.29, 1.82) is 0 Å². The van der Waals surface area contributed by atoms with Gasteiger partial charge < -0.3 is 14.5 Å². The number of hydrogen-bond donors (Lipinski definition) is 1. The molecule has 1 atom stereocenters. The second kappa shape index (κ2) is 6.80. The van der Waals surface area contributed by atoms with Crippen LogP contribution in [0.1, 0.15) is 24.7 Å². The minimum Gasteiger partial charge on any atom is -0.481 e. The van der Waals surface area contributed by atoms with E-state index in [4.69, 9.17) is 9.15 Å². The second-order valence-corrected chi connectivity index (χ2v) is 4.63. The number of rotatable bonds is 6. The predicted molar refractivity (Wildman–Crippen MR) is 76.4 cm³/mol. The van der Waals surface area contributed by atoms with Gasteiger partial charge in [0.1, 0.15) is 11.5 Å². The molecular formula is C16H19NO3. The van der Waals surface area contributed by atoms with Crippen molar-refractivity contribution >= 4 is 5.91 Å². The summed E-state index contributed by atoms with van der Waals surface area (Å²) in [5.74, 6) is 1.30. The fourth-order valence-corrected chi connectivity index (χ4v) is 1.88. The zero-order chi connectivity index (χ0) is 14.4. The first-order valence-electron chi connectivity index (χ1n) is 6.72. The van der Waals surface area contributed by atoms with Crippen LogP contribution in [0.4, 0.5) is 0 Å². The highest BCUT2D eigenvalue weighted by molar-refractivity contribution is 5.81. The fourth-order valence-electron chi connectivity index (χ4n) is 1.88. The van der Waals surface area contributed by atoms with E-state index in [1.165, 1.54) is 0 Å². The molecule has 0 aliphatic carbocycles. The molecule has 1 aromatic heterocycles. The molecule has 0 saturated heterocycles. The molecule has 1 N–H and O–H groups in total. The van der Waals surface area contributed by atoms with Gasteiger partial charge in [0.25, 0.3) is 5.91 Å². The van der Waals surface area contributed by atoms with E-state index in [2.05, 4.69) is 5.32 Å². The van der Waals surface area contributed by atoms with Gasteiger partial charge in [0.2, 0.25) is 0 Å². The van der Waals surface area contributed by atoms with Crippen molar-refractivity contribution in [2.75, 3.05) is 0 Å². The van der Waals surface area contributed by atoms with Crippen molar-refractivity contribution < 1.29 is 13.9 Å². The zero-order valence-corrected chi connectivity index (χ0v) is 11.8. The largest absolute Gasteiger partial charge is 0.481 e. The van der Waals surface area contributed by atoms with Crippen LogP contribution >= 0.6 is 0 Å². The number of ether oxygens (including phenoxy) is 1. The van der Waals surface area contributed by atoms with Crippen molar-refractivity contribution in [3.8, 4) is 5.75 Å². The summed E-state index contributed by atoms with van der Waals surface area (Å²) in [5, 5.41) is 2.81. The van der Waals surface area contributed by atoms with Crippen LogP contribution in [0, 0.1) is 6.92 Å². The monoisotopic (exact) mass is 273 g/mol. The maximum atomic E-state index is 12.1. The molecule has 0 radical (unpaired) electrons. The molecule has 0 bridgehead atoms. The molecular weight excluding hydrogens is 254 g/mol. The van der Waals surface area contributed by atoms with Crippen LogP contribution in [0.15, 0.2) is 47.1 Å². The Bertz CT molecular complexity index is 549. The smallest absolute Gasteiger partial charge is 0.261 e. The summed E-state index contributed by atoms with van der Waals surface area (Å²) in [6.45, 7) is 4.29. The molecule has 0 fully saturated rings. The summed E-state index contributed by atoms with van der Waals surface area (Å²) < 4.78 is 10.9. The summed E-state index contributed by atoms with van der Waals surface area (Å²) in [5.41, 5.74) is 1.10. The maximum Gasteiger partial charge on any atom is 0.261 e. The first-order valence-corrected chi connectivity index (χ1v) is 6.72. The lowest BCUT2D eigenvalue weighted by molar-refractivity contribution is -0.128. The molecule has 0 aliphatic heterocycles. The molecule has 20 heavy (non-hydrogen) atoms. The van der Waals surface area contributed by atoms with Gasteiger partial charge in [-0.05, 0) is 43.2 Å². The minimum atomic E-state index is -0.494. The third-order valence-corrected chi connectivity index (χ3v) is 2.95. The number of amides is 1. The number of furan rings is 1. The molecule has 0 saturated carbocycles. The summed E-state index contributed by atoms with van der Waals surface area (Å²) in [6, 6.07) is 11.3. The lowest BCUT2D eigenvalue weighted by Crippen LogP contribution is -2.37. The van der Waals surface area contributed by atoms with E-state index in [0.29, 0.717) is 18.7 Å². The van der Waals surface area contributed by atoms with E-state index >= 15 is 0 Å². The van der Waals surface area contributed by atoms with Crippen molar-refractivity contribution in [3.63, 3.8) is 0 Å². The van der Waals surface area contributed by atoms with Gasteiger partial charge in [-0.3, -0.25) is 4.79 Å². The molecule has 106 valence electrons. The lowest BCUT2D eigenvalue weighted by atomic mass is 10.2. The molecule has 1 aromatic carbocycles. The quantitative estimate of drug-likeness (QED) is 0.880. The number of nitrogens with one attached hydrogen (secondary N) is 1. The topological polar surface area (TPSA) is 51.5 Å². The van der Waals surface area contributed by atoms with E-state index in [9.17, 15) is 4.79 Å². The van der Waals surface area contributed by atoms with Gasteiger partial charge in [-0.25, -0.2) is 0 Å². The lowest BCUT2D eigenvalue weighted by Gasteiger charge is -2.17. The second-order valence-electron chi connectivity index (χ2n) is 4.63. The first kappa shape index (κ1) is 14.2. The average molecular weight is 273 g/mol. The van der Waals surface area contributed by atoms with Crippen LogP contribution in [0.3, 0.4) is 0 Å². The predicted octanol–water partition coefficient (Wildman–Crippen LogP) is 3.06. The Morgan fingerprint density at radius 1 is 1.35 bits per heavy atom. The van der Waals surface area contributed by atoms with Gasteiger partial charge in [-0.15, -0.1) is 0 Å². The highest BCUT2D eigenvalue weighted by Gasteiger charge is 2.18. The number of carbonyl (C=O) groups is 1. The Kier molecular flexibility index (Phi) is 4.82. The van der Waals surface area contributed by atoms with Crippen molar-refractivity contribution in [2.45, 2.75) is 32.9 Å². The van der Waals surface area contributed by atoms with Crippen LogP contribution in [0.25, 0.3) is 0 Å². The SMILES string of the molecule is CCC(Oc1cccc(C)c1)C(=O)NCc1ccco1. The van der Waals surface area contributed by atoms with Gasteiger partial charge in [0.15, 0.2) is 6.10 Å². The van der Waals surface area contributed by atoms with Crippen LogP contribution in [0.2, 0.25) is 0 Å². The number of hydrogen-bond acceptors (Lipinski definition) is 3. The maximum absolute atomic E-state index is 12.1. The van der Waals surface area contributed by atoms with Gasteiger partial charge in [0, 0.05) is 0 Å². The summed E-state index contributed by atoms with van der Waals surface area (Å²) >= 11 is 0. The summed E-state index contributed by atoms with van der Waals surface area (Å²) in [7, 11) is 0. The Morgan fingerprint density at radius 2 is 2.20 bits per heavy atom. The van der Waals surface area contributed by atoms with Crippen LogP contribution < -0.4 is 10.1 Å². The van der Waals surface area contributed by atoms with E-state index in [-0.39, 0.29) is 5.91 Å². The Labute approximate surface area is 118 Å². The molecule has 0 spiro atoms. The van der Waals surface area contributed by atoms with E-state index in [0.717, 1.165) is 11.3 Å². The Morgan fingerprint density at radius 3 is 2.85 bits per heavy atom. The van der Waals surface area contributed by atoms with Crippen LogP contribution in [0.5, 0.6) is 5.75 Å². The third kappa shape index (κ3) is 3.88. The van der Waals surface area contributed by atoms with Gasteiger partial charge in [-0.1, -0.05) is 19.1 Å². The van der Waals surface area contributed by atoms with Crippen LogP contribution in [-0.2, 0) is 11.3 Å². The molecule has 4 nitrogen and oxygen atoms in total. The Hall–Kier alpha value is -2.23. The van der Waals surface area contributed by atoms with E-state index in [1.54, 1.807) is 12.3 Å². The first-order chi connectivity index (χ1) is 9.69. The molecule has 1 heterocycles. The zero-order valence-electron chi connectivity index (χ0n) is 11.8. The van der Waals surface area contributed by atoms with Crippen molar-refractivity contribution in [2.24, 2.45) is 0 Å². The third-order valence-electron chi connectivity index (χ3n) is 2.95. The highest BCUT2D eigenvalue weighted by atomic mass is 16.5. The van der Waals surface area contributed by atoms with Crippen molar-refractivity contribution in [1.82, 2.24) is 5.32 Å². The molecule has 1 amide bonds. The molecule has 4 heteroatoms. The van der Waals surface area contributed by atoms with E-state index in [1.807, 2.05) is 44.2 Å². The average Bonchev–Trinajstić information content (AvgIpc) is 2.95. The molecule has 2 aromatic rings. The summed E-state index contributed by atoms with van der Waals surface area (Å²) in [4.78, 5) is 12.1. The number of benzene rings is 1. The normalized spacial score (nSPS) is 11.9. The van der Waals surface area contributed by atoms with Crippen LogP contribution in [-0.4, -0.2) is 12.0 Å². The minimum absolute atomic E-state index is 0.134. The Balaban J connectivity index is 1.92.